The zero-order valence-electron chi connectivity index (χ0n) is 12.8. The lowest BCUT2D eigenvalue weighted by Crippen LogP contribution is -2.43. The van der Waals surface area contributed by atoms with Crippen molar-refractivity contribution in [3.63, 3.8) is 0 Å². The fourth-order valence-electron chi connectivity index (χ4n) is 2.47. The molecule has 3 N–H and O–H groups in total. The molecule has 0 aliphatic carbocycles. The van der Waals surface area contributed by atoms with E-state index in [0.29, 0.717) is 5.56 Å². The second-order valence-electron chi connectivity index (χ2n) is 5.44. The van der Waals surface area contributed by atoms with Crippen molar-refractivity contribution in [2.75, 3.05) is 0 Å². The summed E-state index contributed by atoms with van der Waals surface area (Å²) in [7, 11) is 0. The second-order valence-corrected chi connectivity index (χ2v) is 5.44. The van der Waals surface area contributed by atoms with Crippen molar-refractivity contribution in [1.82, 2.24) is 15.8 Å². The molecule has 0 fully saturated rings. The summed E-state index contributed by atoms with van der Waals surface area (Å²) in [5.41, 5.74) is 7.24. The Kier molecular flexibility index (Phi) is 4.56. The Morgan fingerprint density at radius 3 is 2.33 bits per heavy atom. The first-order chi connectivity index (χ1) is 11.6. The van der Waals surface area contributed by atoms with E-state index in [4.69, 9.17) is 0 Å². The number of para-hydroxylation sites is 1. The van der Waals surface area contributed by atoms with Crippen LogP contribution in [-0.4, -0.2) is 16.8 Å². The van der Waals surface area contributed by atoms with Crippen molar-refractivity contribution in [2.24, 2.45) is 0 Å². The van der Waals surface area contributed by atoms with Crippen LogP contribution in [0.25, 0.3) is 10.9 Å². The van der Waals surface area contributed by atoms with Crippen LogP contribution in [0.15, 0.2) is 54.7 Å². The number of fused-ring (bicyclic) bond motifs is 1. The predicted octanol–water partition coefficient (Wildman–Crippen LogP) is 2.24. The highest BCUT2D eigenvalue weighted by molar-refractivity contribution is 5.90. The number of aromatic amines is 1. The minimum Gasteiger partial charge on any atom is -0.361 e. The number of amides is 2. The molecule has 2 amide bonds. The average molecular weight is 325 g/mol. The van der Waals surface area contributed by atoms with Gasteiger partial charge in [-0.3, -0.25) is 20.4 Å². The van der Waals surface area contributed by atoms with Gasteiger partial charge in [-0.05, 0) is 29.3 Å². The van der Waals surface area contributed by atoms with E-state index in [1.54, 1.807) is 6.20 Å². The van der Waals surface area contributed by atoms with Crippen molar-refractivity contribution < 1.29 is 14.0 Å². The lowest BCUT2D eigenvalue weighted by molar-refractivity contribution is -0.128. The van der Waals surface area contributed by atoms with Gasteiger partial charge >= 0.3 is 0 Å². The summed E-state index contributed by atoms with van der Waals surface area (Å²) < 4.78 is 12.8. The quantitative estimate of drug-likeness (QED) is 0.644. The number of hydrogen-bond donors (Lipinski definition) is 3. The molecule has 0 aliphatic rings. The van der Waals surface area contributed by atoms with Crippen LogP contribution in [0.1, 0.15) is 11.1 Å². The van der Waals surface area contributed by atoms with Crippen molar-refractivity contribution in [1.29, 1.82) is 0 Å². The van der Waals surface area contributed by atoms with Gasteiger partial charge in [0.25, 0.3) is 0 Å². The zero-order chi connectivity index (χ0) is 16.9. The number of halogens is 1. The maximum Gasteiger partial charge on any atom is 0.242 e. The average Bonchev–Trinajstić information content (AvgIpc) is 2.98. The maximum atomic E-state index is 12.8. The maximum absolute atomic E-state index is 12.8. The van der Waals surface area contributed by atoms with Crippen LogP contribution in [0.4, 0.5) is 4.39 Å². The Balaban J connectivity index is 1.52. The molecule has 24 heavy (non-hydrogen) atoms. The van der Waals surface area contributed by atoms with Crippen molar-refractivity contribution in [3.05, 3.63) is 71.7 Å². The summed E-state index contributed by atoms with van der Waals surface area (Å²) in [6.45, 7) is 0. The van der Waals surface area contributed by atoms with Gasteiger partial charge < -0.3 is 4.98 Å². The molecule has 1 aromatic heterocycles. The van der Waals surface area contributed by atoms with Gasteiger partial charge in [-0.25, -0.2) is 4.39 Å². The molecular weight excluding hydrogens is 309 g/mol. The van der Waals surface area contributed by atoms with Gasteiger partial charge in [-0.1, -0.05) is 30.3 Å². The molecule has 0 radical (unpaired) electrons. The second kappa shape index (κ2) is 6.95. The molecule has 6 heteroatoms. The van der Waals surface area contributed by atoms with Crippen molar-refractivity contribution in [3.8, 4) is 0 Å². The molecule has 0 saturated carbocycles. The number of H-pyrrole nitrogens is 1. The predicted molar refractivity (Wildman–Crippen MR) is 88.4 cm³/mol. The first kappa shape index (κ1) is 15.7. The van der Waals surface area contributed by atoms with Gasteiger partial charge in [0, 0.05) is 17.1 Å². The van der Waals surface area contributed by atoms with Gasteiger partial charge in [-0.2, -0.15) is 0 Å². The van der Waals surface area contributed by atoms with Crippen LogP contribution in [0.5, 0.6) is 0 Å². The smallest absolute Gasteiger partial charge is 0.242 e. The van der Waals surface area contributed by atoms with E-state index < -0.39 is 0 Å². The molecule has 1 heterocycles. The number of nitrogens with one attached hydrogen (secondary N) is 3. The number of carbonyl (C=O) groups is 2. The first-order valence-electron chi connectivity index (χ1n) is 7.49. The molecular formula is C18H16FN3O2. The summed E-state index contributed by atoms with van der Waals surface area (Å²) in [6, 6.07) is 13.3. The molecule has 3 rings (SSSR count). The summed E-state index contributed by atoms with van der Waals surface area (Å²) in [5, 5.41) is 0.977. The molecule has 2 aromatic carbocycles. The Morgan fingerprint density at radius 1 is 0.917 bits per heavy atom. The topological polar surface area (TPSA) is 74.0 Å². The molecule has 0 atom stereocenters. The third-order valence-electron chi connectivity index (χ3n) is 3.65. The number of aromatic nitrogens is 1. The van der Waals surface area contributed by atoms with Crippen molar-refractivity contribution in [2.45, 2.75) is 12.8 Å². The minimum atomic E-state index is -0.367. The highest BCUT2D eigenvalue weighted by Crippen LogP contribution is 2.17. The normalized spacial score (nSPS) is 10.5. The number of hydrogen-bond acceptors (Lipinski definition) is 2. The molecule has 0 unspecified atom stereocenters. The summed E-state index contributed by atoms with van der Waals surface area (Å²) >= 11 is 0. The van der Waals surface area contributed by atoms with Crippen LogP contribution in [0.3, 0.4) is 0 Å². The summed E-state index contributed by atoms with van der Waals surface area (Å²) in [4.78, 5) is 26.9. The van der Waals surface area contributed by atoms with E-state index in [0.717, 1.165) is 16.5 Å². The fourth-order valence-corrected chi connectivity index (χ4v) is 2.47. The van der Waals surface area contributed by atoms with Crippen LogP contribution < -0.4 is 10.9 Å². The number of carbonyl (C=O) groups excluding carboxylic acids is 2. The molecule has 0 spiro atoms. The van der Waals surface area contributed by atoms with E-state index in [1.165, 1.54) is 24.3 Å². The monoisotopic (exact) mass is 325 g/mol. The molecule has 5 nitrogen and oxygen atoms in total. The Hall–Kier alpha value is -3.15. The zero-order valence-corrected chi connectivity index (χ0v) is 12.8. The number of benzene rings is 2. The van der Waals surface area contributed by atoms with Gasteiger partial charge in [0.2, 0.25) is 11.8 Å². The Morgan fingerprint density at radius 2 is 1.58 bits per heavy atom. The SMILES string of the molecule is O=C(Cc1ccc(F)cc1)NNC(=O)Cc1c[nH]c2ccccc12. The van der Waals surface area contributed by atoms with E-state index in [9.17, 15) is 14.0 Å². The van der Waals surface area contributed by atoms with Crippen molar-refractivity contribution >= 4 is 22.7 Å². The lowest BCUT2D eigenvalue weighted by Gasteiger charge is -2.07. The van der Waals surface area contributed by atoms with Crippen LogP contribution in [0.2, 0.25) is 0 Å². The summed E-state index contributed by atoms with van der Waals surface area (Å²) in [5.74, 6) is -1.03. The molecule has 122 valence electrons. The van der Waals surface area contributed by atoms with Gasteiger partial charge in [0.1, 0.15) is 5.82 Å². The fraction of sp³-hybridized carbons (Fsp3) is 0.111. The molecule has 0 aliphatic heterocycles. The Bertz CT molecular complexity index is 871. The standard InChI is InChI=1S/C18H16FN3O2/c19-14-7-5-12(6-8-14)9-17(23)21-22-18(24)10-13-11-20-16-4-2-1-3-15(13)16/h1-8,11,20H,9-10H2,(H,21,23)(H,22,24). The van der Waals surface area contributed by atoms with Gasteiger partial charge in [0.15, 0.2) is 0 Å². The van der Waals surface area contributed by atoms with Crippen LogP contribution >= 0.6 is 0 Å². The lowest BCUT2D eigenvalue weighted by atomic mass is 10.1. The number of hydrazine groups is 1. The van der Waals surface area contributed by atoms with E-state index in [2.05, 4.69) is 15.8 Å². The van der Waals surface area contributed by atoms with Crippen LogP contribution in [-0.2, 0) is 22.4 Å². The first-order valence-corrected chi connectivity index (χ1v) is 7.49. The number of rotatable bonds is 4. The third kappa shape index (κ3) is 3.78. The van der Waals surface area contributed by atoms with E-state index >= 15 is 0 Å². The van der Waals surface area contributed by atoms with Gasteiger partial charge in [-0.15, -0.1) is 0 Å². The molecule has 0 saturated heterocycles. The van der Waals surface area contributed by atoms with Gasteiger partial charge in [0.05, 0.1) is 12.8 Å². The Labute approximate surface area is 137 Å². The molecule has 0 bridgehead atoms. The highest BCUT2D eigenvalue weighted by Gasteiger charge is 2.10. The highest BCUT2D eigenvalue weighted by atomic mass is 19.1. The molecule has 3 aromatic rings. The minimum absolute atomic E-state index is 0.0631. The van der Waals surface area contributed by atoms with E-state index in [1.807, 2.05) is 24.3 Å². The third-order valence-corrected chi connectivity index (χ3v) is 3.65. The van der Waals surface area contributed by atoms with E-state index in [-0.39, 0.29) is 30.5 Å². The van der Waals surface area contributed by atoms with Crippen LogP contribution in [0, 0.1) is 5.82 Å². The summed E-state index contributed by atoms with van der Waals surface area (Å²) in [6.07, 6.45) is 2.00. The largest absolute Gasteiger partial charge is 0.361 e.